The van der Waals surface area contributed by atoms with Crippen LogP contribution < -0.4 is 20.7 Å². The van der Waals surface area contributed by atoms with E-state index in [1.54, 1.807) is 13.0 Å². The Morgan fingerprint density at radius 1 is 1.23 bits per heavy atom. The van der Waals surface area contributed by atoms with Crippen LogP contribution in [-0.2, 0) is 21.2 Å². The van der Waals surface area contributed by atoms with Gasteiger partial charge in [-0.1, -0.05) is 0 Å². The van der Waals surface area contributed by atoms with Gasteiger partial charge in [0.15, 0.2) is 0 Å². The number of carbonyl (C=O) groups excluding carboxylic acids is 2. The Kier molecular flexibility index (Phi) is 6.04. The molecule has 2 aromatic rings. The summed E-state index contributed by atoms with van der Waals surface area (Å²) in [5.41, 5.74) is 5.02. The van der Waals surface area contributed by atoms with E-state index in [4.69, 9.17) is 0 Å². The third-order valence-electron chi connectivity index (χ3n) is 6.78. The first-order valence-electron chi connectivity index (χ1n) is 11.7. The Morgan fingerprint density at radius 3 is 2.71 bits per heavy atom. The van der Waals surface area contributed by atoms with Crippen LogP contribution in [0.25, 0.3) is 11.1 Å². The number of allylic oxidation sites excluding steroid dienone is 1. The Hall–Kier alpha value is -2.99. The number of benzene rings is 1. The molecule has 2 aliphatic carbocycles. The molecule has 0 bridgehead atoms. The summed E-state index contributed by atoms with van der Waals surface area (Å²) in [6, 6.07) is 5.02. The summed E-state index contributed by atoms with van der Waals surface area (Å²) in [6.07, 6.45) is 2.69. The minimum absolute atomic E-state index is 0.0732. The van der Waals surface area contributed by atoms with Crippen molar-refractivity contribution in [2.75, 3.05) is 25.5 Å². The van der Waals surface area contributed by atoms with Gasteiger partial charge in [0.1, 0.15) is 0 Å². The van der Waals surface area contributed by atoms with Crippen LogP contribution in [0.2, 0.25) is 0 Å². The molecule has 3 aliphatic rings. The number of aromatic amines is 1. The summed E-state index contributed by atoms with van der Waals surface area (Å²) >= 11 is 0. The number of H-pyrrole nitrogens is 1. The number of hydrogen-bond donors (Lipinski definition) is 6. The van der Waals surface area contributed by atoms with Crippen molar-refractivity contribution < 1.29 is 23.1 Å². The third-order valence-corrected chi connectivity index (χ3v) is 8.19. The molecule has 1 unspecified atom stereocenters. The van der Waals surface area contributed by atoms with Crippen LogP contribution in [-0.4, -0.2) is 62.6 Å². The molecule has 2 heterocycles. The van der Waals surface area contributed by atoms with Crippen LogP contribution in [0, 0.1) is 6.92 Å². The Balaban J connectivity index is 1.43. The Morgan fingerprint density at radius 2 is 2.00 bits per heavy atom. The lowest BCUT2D eigenvalue weighted by Gasteiger charge is -2.13. The highest BCUT2D eigenvalue weighted by Crippen LogP contribution is 2.44. The fraction of sp³-hybridized carbons (Fsp3) is 0.417. The van der Waals surface area contributed by atoms with E-state index in [-0.39, 0.29) is 23.3 Å². The number of aromatic nitrogens is 1. The zero-order valence-electron chi connectivity index (χ0n) is 19.6. The van der Waals surface area contributed by atoms with Crippen molar-refractivity contribution in [1.82, 2.24) is 20.3 Å². The van der Waals surface area contributed by atoms with Gasteiger partial charge < -0.3 is 26.0 Å². The number of rotatable bonds is 8. The van der Waals surface area contributed by atoms with Gasteiger partial charge in [0.25, 0.3) is 11.8 Å². The molecular weight excluding hydrogens is 470 g/mol. The number of anilines is 1. The molecule has 1 atom stereocenters. The van der Waals surface area contributed by atoms with E-state index in [9.17, 15) is 23.1 Å². The van der Waals surface area contributed by atoms with Crippen molar-refractivity contribution in [3.8, 4) is 0 Å². The molecule has 0 radical (unpaired) electrons. The molecule has 1 aliphatic heterocycles. The second-order valence-corrected chi connectivity index (χ2v) is 11.1. The van der Waals surface area contributed by atoms with Gasteiger partial charge in [0.05, 0.1) is 22.1 Å². The predicted molar refractivity (Wildman–Crippen MR) is 131 cm³/mol. The van der Waals surface area contributed by atoms with Crippen LogP contribution in [0.5, 0.6) is 0 Å². The summed E-state index contributed by atoms with van der Waals surface area (Å²) in [7, 11) is -2.34. The van der Waals surface area contributed by atoms with Gasteiger partial charge >= 0.3 is 0 Å². The number of amides is 2. The molecule has 1 fully saturated rings. The normalized spacial score (nSPS) is 19.9. The van der Waals surface area contributed by atoms with E-state index in [1.165, 1.54) is 19.2 Å². The van der Waals surface area contributed by atoms with Crippen LogP contribution in [0.4, 0.5) is 5.69 Å². The number of hydrogen-bond acceptors (Lipinski definition) is 6. The Bertz CT molecular complexity index is 1360. The molecule has 6 N–H and O–H groups in total. The first-order chi connectivity index (χ1) is 16.7. The van der Waals surface area contributed by atoms with Crippen LogP contribution in [0.1, 0.15) is 52.1 Å². The third kappa shape index (κ3) is 4.40. The first-order valence-corrected chi connectivity index (χ1v) is 13.2. The molecule has 0 spiro atoms. The number of aryl methyl sites for hydroxylation is 1. The molecule has 35 heavy (non-hydrogen) atoms. The van der Waals surface area contributed by atoms with Crippen LogP contribution >= 0.6 is 0 Å². The fourth-order valence-electron chi connectivity index (χ4n) is 4.81. The number of carbonyl (C=O) groups is 2. The van der Waals surface area contributed by atoms with E-state index < -0.39 is 16.1 Å². The lowest BCUT2D eigenvalue weighted by molar-refractivity contribution is -0.110. The number of sulfonamides is 1. The maximum atomic E-state index is 13.0. The molecule has 10 nitrogen and oxygen atoms in total. The average Bonchev–Trinajstić information content (AvgIpc) is 3.38. The maximum Gasteiger partial charge on any atom is 0.256 e. The van der Waals surface area contributed by atoms with Crippen molar-refractivity contribution in [3.05, 3.63) is 46.3 Å². The topological polar surface area (TPSA) is 152 Å². The van der Waals surface area contributed by atoms with Gasteiger partial charge in [-0.2, -0.15) is 0 Å². The highest BCUT2D eigenvalue weighted by molar-refractivity contribution is 7.89. The van der Waals surface area contributed by atoms with Gasteiger partial charge in [-0.15, -0.1) is 0 Å². The smallest absolute Gasteiger partial charge is 0.256 e. The van der Waals surface area contributed by atoms with Crippen LogP contribution in [0.15, 0.2) is 23.1 Å². The summed E-state index contributed by atoms with van der Waals surface area (Å²) in [6.45, 7) is 2.39. The van der Waals surface area contributed by atoms with Gasteiger partial charge in [0.2, 0.25) is 10.0 Å². The van der Waals surface area contributed by atoms with Gasteiger partial charge in [-0.05, 0) is 69.0 Å². The lowest BCUT2D eigenvalue weighted by Crippen LogP contribution is -2.39. The summed E-state index contributed by atoms with van der Waals surface area (Å²) in [4.78, 5) is 29.2. The van der Waals surface area contributed by atoms with Crippen molar-refractivity contribution in [2.45, 2.75) is 49.6 Å². The first kappa shape index (κ1) is 23.7. The minimum atomic E-state index is -3.67. The van der Waals surface area contributed by atoms with Gasteiger partial charge in [0, 0.05) is 41.8 Å². The molecule has 1 aromatic carbocycles. The van der Waals surface area contributed by atoms with E-state index in [0.29, 0.717) is 53.5 Å². The summed E-state index contributed by atoms with van der Waals surface area (Å²) < 4.78 is 26.9. The van der Waals surface area contributed by atoms with Crippen molar-refractivity contribution in [1.29, 1.82) is 0 Å². The van der Waals surface area contributed by atoms with E-state index in [0.717, 1.165) is 29.7 Å². The monoisotopic (exact) mass is 499 g/mol. The molecule has 5 rings (SSSR count). The van der Waals surface area contributed by atoms with E-state index >= 15 is 0 Å². The van der Waals surface area contributed by atoms with E-state index in [2.05, 4.69) is 25.7 Å². The number of fused-ring (bicyclic) bond motifs is 2. The maximum absolute atomic E-state index is 13.0. The number of aliphatic hydroxyl groups excluding tert-OH is 1. The van der Waals surface area contributed by atoms with Crippen molar-refractivity contribution >= 4 is 38.7 Å². The fourth-order valence-corrected chi connectivity index (χ4v) is 5.56. The highest BCUT2D eigenvalue weighted by atomic mass is 32.2. The average molecular weight is 500 g/mol. The lowest BCUT2D eigenvalue weighted by atomic mass is 9.99. The zero-order chi connectivity index (χ0) is 24.9. The molecule has 11 heteroatoms. The van der Waals surface area contributed by atoms with Gasteiger partial charge in [-0.25, -0.2) is 13.1 Å². The Labute approximate surface area is 203 Å². The summed E-state index contributed by atoms with van der Waals surface area (Å²) in [5, 5.41) is 19.0. The minimum Gasteiger partial charge on any atom is -0.390 e. The van der Waals surface area contributed by atoms with E-state index in [1.807, 2.05) is 0 Å². The van der Waals surface area contributed by atoms with Gasteiger partial charge in [-0.3, -0.25) is 9.59 Å². The second-order valence-electron chi connectivity index (χ2n) is 9.25. The quantitative estimate of drug-likeness (QED) is 0.297. The predicted octanol–water partition coefficient (Wildman–Crippen LogP) is 0.883. The highest BCUT2D eigenvalue weighted by Gasteiger charge is 2.35. The van der Waals surface area contributed by atoms with Crippen LogP contribution in [0.3, 0.4) is 0 Å². The standard InChI is InChI=1S/C24H29N5O5S/c1-12-20(23(31)27-11-14(30)10-26-13-3-4-13)16-6-7-17(22(16)28-12)21-18-9-15(35(33,34)25-2)5-8-19(18)29-24(21)32/h5,8-9,13-14,25-26,28,30H,3-4,6-7,10-11H2,1-2H3,(H,27,31)(H,29,32)/b21-17-. The summed E-state index contributed by atoms with van der Waals surface area (Å²) in [5.74, 6) is -0.568. The molecular formula is C24H29N5O5S. The molecule has 186 valence electrons. The zero-order valence-corrected chi connectivity index (χ0v) is 20.4. The largest absolute Gasteiger partial charge is 0.390 e. The second kappa shape index (κ2) is 8.90. The SMILES string of the molecule is CNS(=O)(=O)c1ccc2c(c1)/C(=C1\CCc3c1[nH]c(C)c3C(=O)NCC(O)CNC1CC1)C(=O)N2. The molecule has 0 saturated heterocycles. The molecule has 1 saturated carbocycles. The molecule has 1 aromatic heterocycles. The molecule has 2 amide bonds. The van der Waals surface area contributed by atoms with Crippen molar-refractivity contribution in [2.24, 2.45) is 0 Å². The van der Waals surface area contributed by atoms with Crippen molar-refractivity contribution in [3.63, 3.8) is 0 Å². The number of aliphatic hydroxyl groups is 1. The number of nitrogens with one attached hydrogen (secondary N) is 5.